The molecule has 0 aromatic carbocycles. The molecule has 0 aromatic rings. The van der Waals surface area contributed by atoms with Gasteiger partial charge in [0.2, 0.25) is 0 Å². The zero-order valence-electron chi connectivity index (χ0n) is 7.33. The highest BCUT2D eigenvalue weighted by Gasteiger charge is 2.46. The maximum atomic E-state index is 10.6. The Balaban J connectivity index is 2.89. The van der Waals surface area contributed by atoms with E-state index < -0.39 is 36.6 Å². The summed E-state index contributed by atoms with van der Waals surface area (Å²) in [5.41, 5.74) is 8.09. The number of aliphatic carboxylic acids is 1. The molecule has 0 bridgehead atoms. The standard InChI is InChI=1S/C6H9N3O6/c7-9-8-5-3(12)1(10)2(11)4(15-5)6(13)14/h1-5,10-12H,(H,13,14)/t1-,2+,3+,4-,5+/m0/s1. The van der Waals surface area contributed by atoms with Crippen LogP contribution in [0.1, 0.15) is 0 Å². The lowest BCUT2D eigenvalue weighted by molar-refractivity contribution is -0.226. The summed E-state index contributed by atoms with van der Waals surface area (Å²) in [5.74, 6) is -1.52. The van der Waals surface area contributed by atoms with Crippen LogP contribution in [0.25, 0.3) is 10.4 Å². The number of carboxylic acid groups (broad SMARTS) is 1. The molecule has 5 atom stereocenters. The Morgan fingerprint density at radius 1 is 1.27 bits per heavy atom. The normalized spacial score (nSPS) is 40.6. The number of ether oxygens (including phenoxy) is 1. The van der Waals surface area contributed by atoms with Crippen LogP contribution < -0.4 is 0 Å². The van der Waals surface area contributed by atoms with E-state index in [0.29, 0.717) is 0 Å². The predicted octanol–water partition coefficient (Wildman–Crippen LogP) is -1.81. The Morgan fingerprint density at radius 2 is 1.87 bits per heavy atom. The number of carbonyl (C=O) groups is 1. The molecule has 0 radical (unpaired) electrons. The first-order valence-electron chi connectivity index (χ1n) is 3.95. The topological polar surface area (TPSA) is 156 Å². The average Bonchev–Trinajstić information content (AvgIpc) is 2.18. The van der Waals surface area contributed by atoms with Gasteiger partial charge in [-0.1, -0.05) is 5.11 Å². The molecule has 1 rings (SSSR count). The third kappa shape index (κ3) is 2.17. The van der Waals surface area contributed by atoms with Gasteiger partial charge in [-0.25, -0.2) is 4.79 Å². The lowest BCUT2D eigenvalue weighted by Crippen LogP contribution is -2.59. The molecule has 0 spiro atoms. The van der Waals surface area contributed by atoms with Gasteiger partial charge in [0, 0.05) is 4.91 Å². The maximum absolute atomic E-state index is 10.6. The third-order valence-electron chi connectivity index (χ3n) is 2.00. The molecular weight excluding hydrogens is 210 g/mol. The number of nitrogens with zero attached hydrogens (tertiary/aromatic N) is 3. The highest BCUT2D eigenvalue weighted by atomic mass is 16.6. The van der Waals surface area contributed by atoms with Crippen molar-refractivity contribution in [2.75, 3.05) is 0 Å². The molecule has 0 saturated carbocycles. The maximum Gasteiger partial charge on any atom is 0.335 e. The molecule has 0 aliphatic carbocycles. The lowest BCUT2D eigenvalue weighted by Gasteiger charge is -2.36. The molecule has 1 saturated heterocycles. The number of hydrogen-bond acceptors (Lipinski definition) is 6. The molecule has 0 amide bonds. The van der Waals surface area contributed by atoms with E-state index in [9.17, 15) is 20.1 Å². The smallest absolute Gasteiger partial charge is 0.335 e. The zero-order chi connectivity index (χ0) is 11.6. The van der Waals surface area contributed by atoms with Crippen LogP contribution in [0.4, 0.5) is 0 Å². The van der Waals surface area contributed by atoms with Crippen LogP contribution in [0.15, 0.2) is 5.11 Å². The molecule has 1 aliphatic rings. The summed E-state index contributed by atoms with van der Waals surface area (Å²) < 4.78 is 4.60. The van der Waals surface area contributed by atoms with Crippen LogP contribution in [0, 0.1) is 0 Å². The van der Waals surface area contributed by atoms with Gasteiger partial charge in [0.05, 0.1) is 0 Å². The van der Waals surface area contributed by atoms with Gasteiger partial charge in [0.1, 0.15) is 18.3 Å². The van der Waals surface area contributed by atoms with Crippen molar-refractivity contribution in [1.82, 2.24) is 0 Å². The summed E-state index contributed by atoms with van der Waals surface area (Å²) >= 11 is 0. The monoisotopic (exact) mass is 219 g/mol. The summed E-state index contributed by atoms with van der Waals surface area (Å²) in [4.78, 5) is 12.9. The van der Waals surface area contributed by atoms with E-state index in [1.54, 1.807) is 0 Å². The summed E-state index contributed by atoms with van der Waals surface area (Å²) in [5, 5.41) is 39.2. The molecule has 9 heteroatoms. The molecule has 1 heterocycles. The molecule has 0 unspecified atom stereocenters. The zero-order valence-corrected chi connectivity index (χ0v) is 7.33. The van der Waals surface area contributed by atoms with Crippen molar-refractivity contribution in [2.24, 2.45) is 5.11 Å². The van der Waals surface area contributed by atoms with E-state index in [-0.39, 0.29) is 0 Å². The molecule has 9 nitrogen and oxygen atoms in total. The summed E-state index contributed by atoms with van der Waals surface area (Å²) in [6, 6.07) is 0. The van der Waals surface area contributed by atoms with Crippen molar-refractivity contribution in [3.8, 4) is 0 Å². The first kappa shape index (κ1) is 11.7. The summed E-state index contributed by atoms with van der Waals surface area (Å²) in [6.45, 7) is 0. The van der Waals surface area contributed by atoms with Crippen LogP contribution >= 0.6 is 0 Å². The number of azide groups is 1. The highest BCUT2D eigenvalue weighted by Crippen LogP contribution is 2.22. The van der Waals surface area contributed by atoms with Crippen molar-refractivity contribution in [3.05, 3.63) is 10.4 Å². The third-order valence-corrected chi connectivity index (χ3v) is 2.00. The van der Waals surface area contributed by atoms with Crippen LogP contribution in [0.2, 0.25) is 0 Å². The van der Waals surface area contributed by atoms with Crippen molar-refractivity contribution in [1.29, 1.82) is 0 Å². The SMILES string of the molecule is [N-]=[N+]=N[C@@H]1O[C@H](C(=O)O)[C@H](O)[C@H](O)[C@H]1O. The Labute approximate surface area is 83.1 Å². The van der Waals surface area contributed by atoms with E-state index in [0.717, 1.165) is 0 Å². The second kappa shape index (κ2) is 4.43. The molecular formula is C6H9N3O6. The Hall–Kier alpha value is -1.38. The summed E-state index contributed by atoms with van der Waals surface area (Å²) in [6.07, 6.45) is -8.45. The van der Waals surface area contributed by atoms with E-state index >= 15 is 0 Å². The number of aliphatic hydroxyl groups is 3. The number of rotatable bonds is 2. The van der Waals surface area contributed by atoms with Crippen LogP contribution in [0.5, 0.6) is 0 Å². The molecule has 1 aliphatic heterocycles. The predicted molar refractivity (Wildman–Crippen MR) is 43.5 cm³/mol. The molecule has 0 aromatic heterocycles. The quantitative estimate of drug-likeness (QED) is 0.243. The second-order valence-electron chi connectivity index (χ2n) is 2.96. The minimum atomic E-state index is -1.78. The van der Waals surface area contributed by atoms with Crippen molar-refractivity contribution in [3.63, 3.8) is 0 Å². The molecule has 84 valence electrons. The first-order valence-corrected chi connectivity index (χ1v) is 3.95. The fraction of sp³-hybridized carbons (Fsp3) is 0.833. The Kier molecular flexibility index (Phi) is 3.45. The van der Waals surface area contributed by atoms with Crippen LogP contribution in [-0.2, 0) is 9.53 Å². The van der Waals surface area contributed by atoms with Gasteiger partial charge < -0.3 is 25.2 Å². The van der Waals surface area contributed by atoms with Gasteiger partial charge >= 0.3 is 5.97 Å². The van der Waals surface area contributed by atoms with Gasteiger partial charge in [-0.15, -0.1) is 0 Å². The number of carboxylic acids is 1. The van der Waals surface area contributed by atoms with Crippen molar-refractivity contribution in [2.45, 2.75) is 30.6 Å². The largest absolute Gasteiger partial charge is 0.479 e. The summed E-state index contributed by atoms with van der Waals surface area (Å²) in [7, 11) is 0. The number of hydrogen-bond donors (Lipinski definition) is 4. The van der Waals surface area contributed by atoms with Crippen molar-refractivity contribution < 1.29 is 30.0 Å². The van der Waals surface area contributed by atoms with Gasteiger partial charge in [0.15, 0.2) is 12.3 Å². The Morgan fingerprint density at radius 3 is 2.33 bits per heavy atom. The van der Waals surface area contributed by atoms with Gasteiger partial charge in [-0.3, -0.25) is 0 Å². The van der Waals surface area contributed by atoms with Gasteiger partial charge in [0.25, 0.3) is 0 Å². The van der Waals surface area contributed by atoms with Gasteiger partial charge in [-0.2, -0.15) is 0 Å². The fourth-order valence-corrected chi connectivity index (χ4v) is 1.21. The highest BCUT2D eigenvalue weighted by molar-refractivity contribution is 5.73. The van der Waals surface area contributed by atoms with Crippen LogP contribution in [-0.4, -0.2) is 57.0 Å². The van der Waals surface area contributed by atoms with Gasteiger partial charge in [-0.05, 0) is 5.53 Å². The van der Waals surface area contributed by atoms with E-state index in [2.05, 4.69) is 14.8 Å². The van der Waals surface area contributed by atoms with E-state index in [1.165, 1.54) is 0 Å². The fourth-order valence-electron chi connectivity index (χ4n) is 1.21. The molecule has 15 heavy (non-hydrogen) atoms. The van der Waals surface area contributed by atoms with E-state index in [4.69, 9.17) is 10.6 Å². The second-order valence-corrected chi connectivity index (χ2v) is 2.96. The molecule has 4 N–H and O–H groups in total. The van der Waals surface area contributed by atoms with Crippen molar-refractivity contribution >= 4 is 5.97 Å². The first-order chi connectivity index (χ1) is 6.99. The lowest BCUT2D eigenvalue weighted by atomic mass is 9.98. The average molecular weight is 219 g/mol. The minimum absolute atomic E-state index is 1.52. The van der Waals surface area contributed by atoms with Crippen LogP contribution in [0.3, 0.4) is 0 Å². The van der Waals surface area contributed by atoms with E-state index in [1.807, 2.05) is 0 Å². The minimum Gasteiger partial charge on any atom is -0.479 e. The Bertz CT molecular complexity index is 289. The number of aliphatic hydroxyl groups excluding tert-OH is 3. The molecule has 1 fully saturated rings.